The SMILES string of the molecule is COc1ccc(CN=C(N)NCCc2nc(C(C)C)no2)cc1OC.I. The van der Waals surface area contributed by atoms with Crippen LogP contribution in [0.5, 0.6) is 11.5 Å². The first-order valence-electron chi connectivity index (χ1n) is 8.10. The second kappa shape index (κ2) is 10.8. The van der Waals surface area contributed by atoms with Crippen molar-refractivity contribution in [1.29, 1.82) is 0 Å². The summed E-state index contributed by atoms with van der Waals surface area (Å²) in [6.07, 6.45) is 0.590. The number of hydrogen-bond acceptors (Lipinski definition) is 6. The molecule has 144 valence electrons. The van der Waals surface area contributed by atoms with Crippen molar-refractivity contribution in [1.82, 2.24) is 15.5 Å². The lowest BCUT2D eigenvalue weighted by Crippen LogP contribution is -2.33. The Morgan fingerprint density at radius 2 is 2.00 bits per heavy atom. The van der Waals surface area contributed by atoms with Gasteiger partial charge in [0.15, 0.2) is 23.3 Å². The fraction of sp³-hybridized carbons (Fsp3) is 0.471. The Kier molecular flexibility index (Phi) is 9.17. The molecule has 0 bridgehead atoms. The van der Waals surface area contributed by atoms with Crippen LogP contribution in [0.4, 0.5) is 0 Å². The highest BCUT2D eigenvalue weighted by atomic mass is 127. The van der Waals surface area contributed by atoms with Gasteiger partial charge in [-0.2, -0.15) is 4.98 Å². The molecule has 1 heterocycles. The average Bonchev–Trinajstić information content (AvgIpc) is 3.09. The number of nitrogens with zero attached hydrogens (tertiary/aromatic N) is 3. The van der Waals surface area contributed by atoms with Crippen molar-refractivity contribution in [3.8, 4) is 11.5 Å². The van der Waals surface area contributed by atoms with Gasteiger partial charge >= 0.3 is 0 Å². The molecule has 0 saturated heterocycles. The van der Waals surface area contributed by atoms with Crippen LogP contribution in [0.2, 0.25) is 0 Å². The largest absolute Gasteiger partial charge is 0.493 e. The van der Waals surface area contributed by atoms with E-state index in [0.29, 0.717) is 48.7 Å². The van der Waals surface area contributed by atoms with Gasteiger partial charge in [0.2, 0.25) is 5.89 Å². The summed E-state index contributed by atoms with van der Waals surface area (Å²) in [7, 11) is 3.20. The summed E-state index contributed by atoms with van der Waals surface area (Å²) in [6, 6.07) is 5.64. The fourth-order valence-corrected chi connectivity index (χ4v) is 2.11. The highest BCUT2D eigenvalue weighted by Gasteiger charge is 2.09. The van der Waals surface area contributed by atoms with E-state index in [9.17, 15) is 0 Å². The average molecular weight is 475 g/mol. The van der Waals surface area contributed by atoms with Crippen LogP contribution in [0.1, 0.15) is 37.0 Å². The third kappa shape index (κ3) is 6.36. The minimum Gasteiger partial charge on any atom is -0.493 e. The minimum absolute atomic E-state index is 0. The van der Waals surface area contributed by atoms with Gasteiger partial charge in [-0.1, -0.05) is 25.1 Å². The number of halogens is 1. The number of hydrogen-bond donors (Lipinski definition) is 2. The fourth-order valence-electron chi connectivity index (χ4n) is 2.11. The van der Waals surface area contributed by atoms with E-state index >= 15 is 0 Å². The molecule has 0 aliphatic carbocycles. The predicted octanol–water partition coefficient (Wildman–Crippen LogP) is 2.48. The maximum atomic E-state index is 5.88. The van der Waals surface area contributed by atoms with E-state index in [4.69, 9.17) is 19.7 Å². The topological polar surface area (TPSA) is 108 Å². The van der Waals surface area contributed by atoms with E-state index in [2.05, 4.69) is 20.4 Å². The Morgan fingerprint density at radius 1 is 1.27 bits per heavy atom. The second-order valence-corrected chi connectivity index (χ2v) is 5.77. The number of guanidine groups is 1. The number of aromatic nitrogens is 2. The van der Waals surface area contributed by atoms with Crippen LogP contribution >= 0.6 is 24.0 Å². The third-order valence-corrected chi connectivity index (χ3v) is 3.53. The van der Waals surface area contributed by atoms with Crippen molar-refractivity contribution in [3.05, 3.63) is 35.5 Å². The van der Waals surface area contributed by atoms with Crippen LogP contribution < -0.4 is 20.5 Å². The Labute approximate surface area is 170 Å². The van der Waals surface area contributed by atoms with E-state index in [-0.39, 0.29) is 29.9 Å². The molecule has 0 aliphatic heterocycles. The van der Waals surface area contributed by atoms with E-state index < -0.39 is 0 Å². The van der Waals surface area contributed by atoms with Crippen LogP contribution in [-0.4, -0.2) is 36.9 Å². The van der Waals surface area contributed by atoms with E-state index in [1.807, 2.05) is 32.0 Å². The number of nitrogens with one attached hydrogen (secondary N) is 1. The van der Waals surface area contributed by atoms with Crippen molar-refractivity contribution in [2.45, 2.75) is 32.7 Å². The van der Waals surface area contributed by atoms with E-state index in [1.165, 1.54) is 0 Å². The van der Waals surface area contributed by atoms with Crippen LogP contribution in [0.3, 0.4) is 0 Å². The van der Waals surface area contributed by atoms with Crippen molar-refractivity contribution in [2.75, 3.05) is 20.8 Å². The summed E-state index contributed by atoms with van der Waals surface area (Å²) in [5.74, 6) is 3.26. The number of ether oxygens (including phenoxy) is 2. The molecule has 3 N–H and O–H groups in total. The normalized spacial score (nSPS) is 11.2. The maximum absolute atomic E-state index is 5.88. The molecule has 1 aromatic carbocycles. The third-order valence-electron chi connectivity index (χ3n) is 3.53. The molecule has 0 amide bonds. The molecular formula is C17H26IN5O3. The van der Waals surface area contributed by atoms with Crippen LogP contribution in [0, 0.1) is 0 Å². The number of nitrogens with two attached hydrogens (primary N) is 1. The number of benzene rings is 1. The van der Waals surface area contributed by atoms with Crippen LogP contribution in [-0.2, 0) is 13.0 Å². The molecule has 0 spiro atoms. The smallest absolute Gasteiger partial charge is 0.228 e. The van der Waals surface area contributed by atoms with E-state index in [0.717, 1.165) is 5.56 Å². The summed E-state index contributed by atoms with van der Waals surface area (Å²) in [5, 5.41) is 6.96. The van der Waals surface area contributed by atoms with Gasteiger partial charge in [-0.05, 0) is 17.7 Å². The van der Waals surface area contributed by atoms with Crippen molar-refractivity contribution >= 4 is 29.9 Å². The molecule has 0 fully saturated rings. The zero-order chi connectivity index (χ0) is 18.2. The van der Waals surface area contributed by atoms with Gasteiger partial charge in [0.05, 0.1) is 20.8 Å². The van der Waals surface area contributed by atoms with Gasteiger partial charge in [-0.3, -0.25) is 0 Å². The van der Waals surface area contributed by atoms with Gasteiger partial charge in [0, 0.05) is 18.9 Å². The van der Waals surface area contributed by atoms with Gasteiger partial charge in [0.25, 0.3) is 0 Å². The Bertz CT molecular complexity index is 718. The molecule has 0 saturated carbocycles. The predicted molar refractivity (Wildman–Crippen MR) is 110 cm³/mol. The van der Waals surface area contributed by atoms with E-state index in [1.54, 1.807) is 14.2 Å². The lowest BCUT2D eigenvalue weighted by atomic mass is 10.2. The number of methoxy groups -OCH3 is 2. The standard InChI is InChI=1S/C17H25N5O3.HI/c1-11(2)16-21-15(25-22-16)7-8-19-17(18)20-10-12-5-6-13(23-3)14(9-12)24-4;/h5-6,9,11H,7-8,10H2,1-4H3,(H3,18,19,20);1H. The summed E-state index contributed by atoms with van der Waals surface area (Å²) in [6.45, 7) is 5.05. The Hall–Kier alpha value is -2.04. The monoisotopic (exact) mass is 475 g/mol. The highest BCUT2D eigenvalue weighted by Crippen LogP contribution is 2.27. The summed E-state index contributed by atoms with van der Waals surface area (Å²) < 4.78 is 15.7. The lowest BCUT2D eigenvalue weighted by Gasteiger charge is -2.09. The van der Waals surface area contributed by atoms with Crippen LogP contribution in [0.25, 0.3) is 0 Å². The van der Waals surface area contributed by atoms with Gasteiger partial charge in [-0.15, -0.1) is 24.0 Å². The second-order valence-electron chi connectivity index (χ2n) is 5.77. The first-order chi connectivity index (χ1) is 12.0. The number of rotatable bonds is 8. The molecule has 0 unspecified atom stereocenters. The van der Waals surface area contributed by atoms with Gasteiger partial charge < -0.3 is 25.0 Å². The van der Waals surface area contributed by atoms with Gasteiger partial charge in [0.1, 0.15) is 0 Å². The molecule has 9 heteroatoms. The van der Waals surface area contributed by atoms with Crippen molar-refractivity contribution < 1.29 is 14.0 Å². The van der Waals surface area contributed by atoms with Crippen molar-refractivity contribution in [2.24, 2.45) is 10.7 Å². The highest BCUT2D eigenvalue weighted by molar-refractivity contribution is 14.0. The van der Waals surface area contributed by atoms with Crippen LogP contribution in [0.15, 0.2) is 27.7 Å². The maximum Gasteiger partial charge on any atom is 0.228 e. The Balaban J connectivity index is 0.00000338. The quantitative estimate of drug-likeness (QED) is 0.343. The molecule has 0 atom stereocenters. The summed E-state index contributed by atoms with van der Waals surface area (Å²) >= 11 is 0. The molecule has 26 heavy (non-hydrogen) atoms. The minimum atomic E-state index is 0. The molecule has 8 nitrogen and oxygen atoms in total. The van der Waals surface area contributed by atoms with Gasteiger partial charge in [-0.25, -0.2) is 4.99 Å². The first-order valence-corrected chi connectivity index (χ1v) is 8.10. The zero-order valence-corrected chi connectivity index (χ0v) is 17.8. The molecule has 1 aromatic heterocycles. The zero-order valence-electron chi connectivity index (χ0n) is 15.5. The Morgan fingerprint density at radius 3 is 2.62 bits per heavy atom. The van der Waals surface area contributed by atoms with Crippen molar-refractivity contribution in [3.63, 3.8) is 0 Å². The lowest BCUT2D eigenvalue weighted by molar-refractivity contribution is 0.354. The molecular weight excluding hydrogens is 449 g/mol. The molecule has 2 aromatic rings. The molecule has 2 rings (SSSR count). The summed E-state index contributed by atoms with van der Waals surface area (Å²) in [4.78, 5) is 8.62. The first kappa shape index (κ1) is 22.0. The number of aliphatic imine (C=N–C) groups is 1. The summed E-state index contributed by atoms with van der Waals surface area (Å²) in [5.41, 5.74) is 6.86. The molecule has 0 aliphatic rings. The molecule has 0 radical (unpaired) electrons.